The third-order valence-corrected chi connectivity index (χ3v) is 2.27. The Hall–Kier alpha value is -1.00. The van der Waals surface area contributed by atoms with Crippen molar-refractivity contribution in [1.82, 2.24) is 15.6 Å². The second kappa shape index (κ2) is 5.78. The lowest BCUT2D eigenvalue weighted by atomic mass is 10.2. The Morgan fingerprint density at radius 2 is 2.33 bits per heavy atom. The van der Waals surface area contributed by atoms with Crippen LogP contribution < -0.4 is 10.6 Å². The molecule has 0 aromatic carbocycles. The number of halogens is 1. The Labute approximate surface area is 94.4 Å². The molecule has 1 amide bonds. The van der Waals surface area contributed by atoms with Crippen molar-refractivity contribution in [3.05, 3.63) is 23.0 Å². The number of rotatable bonds is 5. The first-order chi connectivity index (χ1) is 7.13. The van der Waals surface area contributed by atoms with Crippen LogP contribution in [0.2, 0.25) is 5.02 Å². The second-order valence-electron chi connectivity index (χ2n) is 3.60. The molecule has 15 heavy (non-hydrogen) atoms. The number of carbonyl (C=O) groups is 1. The maximum Gasteiger partial charge on any atom is 0.267 e. The highest BCUT2D eigenvalue weighted by Gasteiger charge is 2.08. The molecule has 5 heteroatoms. The molecule has 1 rings (SSSR count). The van der Waals surface area contributed by atoms with E-state index in [4.69, 9.17) is 11.6 Å². The Bertz CT molecular complexity index is 324. The summed E-state index contributed by atoms with van der Waals surface area (Å²) < 4.78 is 0. The average molecular weight is 230 g/mol. The summed E-state index contributed by atoms with van der Waals surface area (Å²) in [6, 6.07) is 1.61. The first-order valence-corrected chi connectivity index (χ1v) is 5.28. The van der Waals surface area contributed by atoms with Gasteiger partial charge in [0.15, 0.2) is 0 Å². The Morgan fingerprint density at radius 3 is 2.87 bits per heavy atom. The van der Waals surface area contributed by atoms with Crippen molar-refractivity contribution in [2.45, 2.75) is 6.92 Å². The lowest BCUT2D eigenvalue weighted by Crippen LogP contribution is -2.32. The molecule has 0 fully saturated rings. The molecule has 4 nitrogen and oxygen atoms in total. The van der Waals surface area contributed by atoms with E-state index in [0.29, 0.717) is 23.2 Å². The van der Waals surface area contributed by atoms with Gasteiger partial charge in [-0.25, -0.2) is 0 Å². The number of nitrogens with one attached hydrogen (secondary N) is 3. The molecule has 0 bridgehead atoms. The van der Waals surface area contributed by atoms with Gasteiger partial charge in [-0.3, -0.25) is 4.79 Å². The van der Waals surface area contributed by atoms with Crippen molar-refractivity contribution in [3.8, 4) is 0 Å². The summed E-state index contributed by atoms with van der Waals surface area (Å²) in [5.41, 5.74) is 0.497. The largest absolute Gasteiger partial charge is 0.356 e. The van der Waals surface area contributed by atoms with Gasteiger partial charge in [0.05, 0.1) is 5.02 Å². The molecular formula is C10H16ClN3O. The SMILES string of the molecule is CNCC(C)CNC(=O)c1cc(Cl)c[nH]1. The van der Waals surface area contributed by atoms with Crippen LogP contribution in [0.25, 0.3) is 0 Å². The van der Waals surface area contributed by atoms with Crippen LogP contribution in [0.15, 0.2) is 12.3 Å². The number of aromatic amines is 1. The van der Waals surface area contributed by atoms with Crippen LogP contribution >= 0.6 is 11.6 Å². The number of amides is 1. The minimum Gasteiger partial charge on any atom is -0.356 e. The standard InChI is InChI=1S/C10H16ClN3O/c1-7(4-12-2)5-14-10(15)9-3-8(11)6-13-9/h3,6-7,12-13H,4-5H2,1-2H3,(H,14,15). The summed E-state index contributed by atoms with van der Waals surface area (Å²) >= 11 is 5.70. The van der Waals surface area contributed by atoms with Crippen LogP contribution in [0.3, 0.4) is 0 Å². The summed E-state index contributed by atoms with van der Waals surface area (Å²) in [7, 11) is 1.89. The maximum absolute atomic E-state index is 11.5. The number of aromatic nitrogens is 1. The molecule has 3 N–H and O–H groups in total. The quantitative estimate of drug-likeness (QED) is 0.712. The van der Waals surface area contributed by atoms with E-state index in [1.54, 1.807) is 12.3 Å². The van der Waals surface area contributed by atoms with Crippen molar-refractivity contribution < 1.29 is 4.79 Å². The van der Waals surface area contributed by atoms with Gasteiger partial charge in [-0.15, -0.1) is 0 Å². The number of hydrogen-bond acceptors (Lipinski definition) is 2. The van der Waals surface area contributed by atoms with Crippen molar-refractivity contribution in [1.29, 1.82) is 0 Å². The highest BCUT2D eigenvalue weighted by molar-refractivity contribution is 6.30. The van der Waals surface area contributed by atoms with Crippen LogP contribution in [-0.4, -0.2) is 31.0 Å². The Balaban J connectivity index is 2.36. The average Bonchev–Trinajstić information content (AvgIpc) is 2.62. The van der Waals surface area contributed by atoms with Gasteiger partial charge < -0.3 is 15.6 Å². The van der Waals surface area contributed by atoms with Crippen molar-refractivity contribution in [3.63, 3.8) is 0 Å². The van der Waals surface area contributed by atoms with Crippen molar-refractivity contribution in [2.24, 2.45) is 5.92 Å². The number of hydrogen-bond donors (Lipinski definition) is 3. The normalized spacial score (nSPS) is 12.5. The zero-order chi connectivity index (χ0) is 11.3. The Kier molecular flexibility index (Phi) is 4.65. The van der Waals surface area contributed by atoms with E-state index >= 15 is 0 Å². The molecule has 0 spiro atoms. The lowest BCUT2D eigenvalue weighted by molar-refractivity contribution is 0.0944. The molecule has 1 aromatic rings. The zero-order valence-electron chi connectivity index (χ0n) is 8.93. The van der Waals surface area contributed by atoms with E-state index in [-0.39, 0.29) is 5.91 Å². The molecule has 0 aliphatic rings. The van der Waals surface area contributed by atoms with E-state index in [0.717, 1.165) is 6.54 Å². The van der Waals surface area contributed by atoms with E-state index in [1.165, 1.54) is 0 Å². The highest BCUT2D eigenvalue weighted by atomic mass is 35.5. The summed E-state index contributed by atoms with van der Waals surface area (Å²) in [4.78, 5) is 14.3. The van der Waals surface area contributed by atoms with Crippen molar-refractivity contribution in [2.75, 3.05) is 20.1 Å². The minimum absolute atomic E-state index is 0.121. The van der Waals surface area contributed by atoms with Crippen LogP contribution in [0.5, 0.6) is 0 Å². The Morgan fingerprint density at radius 1 is 1.60 bits per heavy atom. The van der Waals surface area contributed by atoms with Crippen LogP contribution in [0, 0.1) is 5.92 Å². The third kappa shape index (κ3) is 3.93. The van der Waals surface area contributed by atoms with Gasteiger partial charge in [0.25, 0.3) is 5.91 Å². The fourth-order valence-corrected chi connectivity index (χ4v) is 1.45. The molecule has 0 saturated carbocycles. The highest BCUT2D eigenvalue weighted by Crippen LogP contribution is 2.09. The van der Waals surface area contributed by atoms with Gasteiger partial charge in [-0.1, -0.05) is 18.5 Å². The number of carbonyl (C=O) groups excluding carboxylic acids is 1. The first-order valence-electron chi connectivity index (χ1n) is 4.90. The smallest absolute Gasteiger partial charge is 0.267 e. The summed E-state index contributed by atoms with van der Waals surface area (Å²) in [6.45, 7) is 3.60. The molecule has 0 saturated heterocycles. The van der Waals surface area contributed by atoms with Gasteiger partial charge in [0.1, 0.15) is 5.69 Å². The molecular weight excluding hydrogens is 214 g/mol. The number of H-pyrrole nitrogens is 1. The third-order valence-electron chi connectivity index (χ3n) is 2.06. The van der Waals surface area contributed by atoms with Crippen LogP contribution in [0.4, 0.5) is 0 Å². The van der Waals surface area contributed by atoms with Crippen molar-refractivity contribution >= 4 is 17.5 Å². The zero-order valence-corrected chi connectivity index (χ0v) is 9.69. The van der Waals surface area contributed by atoms with Gasteiger partial charge >= 0.3 is 0 Å². The molecule has 1 atom stereocenters. The predicted molar refractivity (Wildman–Crippen MR) is 61.2 cm³/mol. The lowest BCUT2D eigenvalue weighted by Gasteiger charge is -2.11. The second-order valence-corrected chi connectivity index (χ2v) is 4.04. The van der Waals surface area contributed by atoms with E-state index in [1.807, 2.05) is 7.05 Å². The van der Waals surface area contributed by atoms with E-state index in [9.17, 15) is 4.79 Å². The predicted octanol–water partition coefficient (Wildman–Crippen LogP) is 1.25. The summed E-state index contributed by atoms with van der Waals surface area (Å²) in [6.07, 6.45) is 1.59. The van der Waals surface area contributed by atoms with Gasteiger partial charge in [0.2, 0.25) is 0 Å². The van der Waals surface area contributed by atoms with Gasteiger partial charge in [-0.05, 0) is 25.6 Å². The minimum atomic E-state index is -0.121. The monoisotopic (exact) mass is 229 g/mol. The summed E-state index contributed by atoms with van der Waals surface area (Å²) in [5, 5.41) is 6.43. The van der Waals surface area contributed by atoms with Gasteiger partial charge in [-0.2, -0.15) is 0 Å². The molecule has 1 heterocycles. The van der Waals surface area contributed by atoms with E-state index in [2.05, 4.69) is 22.5 Å². The topological polar surface area (TPSA) is 56.9 Å². The maximum atomic E-state index is 11.5. The molecule has 84 valence electrons. The first kappa shape index (κ1) is 12.1. The molecule has 0 aliphatic heterocycles. The van der Waals surface area contributed by atoms with E-state index < -0.39 is 0 Å². The molecule has 1 unspecified atom stereocenters. The van der Waals surface area contributed by atoms with Crippen LogP contribution in [-0.2, 0) is 0 Å². The fourth-order valence-electron chi connectivity index (χ4n) is 1.28. The fraction of sp³-hybridized carbons (Fsp3) is 0.500. The van der Waals surface area contributed by atoms with Gasteiger partial charge in [0, 0.05) is 12.7 Å². The summed E-state index contributed by atoms with van der Waals surface area (Å²) in [5.74, 6) is 0.286. The molecule has 0 aliphatic carbocycles. The molecule has 1 aromatic heterocycles. The molecule has 0 radical (unpaired) electrons. The van der Waals surface area contributed by atoms with Crippen LogP contribution in [0.1, 0.15) is 17.4 Å².